The third kappa shape index (κ3) is 4.82. The molecule has 0 aliphatic carbocycles. The maximum absolute atomic E-state index is 12.6. The number of carbonyl (C=O) groups excluding carboxylic acids is 1. The van der Waals surface area contributed by atoms with Gasteiger partial charge in [0.2, 0.25) is 0 Å². The molecular formula is C11H16F3N5O. The Hall–Kier alpha value is -2.19. The first-order chi connectivity index (χ1) is 9.20. The summed E-state index contributed by atoms with van der Waals surface area (Å²) < 4.78 is 37.7. The predicted octanol–water partition coefficient (Wildman–Crippen LogP) is 1.37. The van der Waals surface area contributed by atoms with Gasteiger partial charge in [-0.2, -0.15) is 13.2 Å². The number of anilines is 2. The SMILES string of the molecule is CN(C)C(=O)NCCNc1cc(C(F)(F)F)cc(N)n1. The summed E-state index contributed by atoms with van der Waals surface area (Å²) in [6.07, 6.45) is -4.48. The lowest BCUT2D eigenvalue weighted by molar-refractivity contribution is -0.137. The minimum Gasteiger partial charge on any atom is -0.384 e. The second-order valence-electron chi connectivity index (χ2n) is 4.22. The van der Waals surface area contributed by atoms with Crippen molar-refractivity contribution in [2.24, 2.45) is 0 Å². The van der Waals surface area contributed by atoms with E-state index in [2.05, 4.69) is 15.6 Å². The fourth-order valence-corrected chi connectivity index (χ4v) is 1.32. The summed E-state index contributed by atoms with van der Waals surface area (Å²) >= 11 is 0. The number of rotatable bonds is 4. The van der Waals surface area contributed by atoms with Gasteiger partial charge < -0.3 is 21.3 Å². The van der Waals surface area contributed by atoms with Crippen LogP contribution in [0, 0.1) is 0 Å². The van der Waals surface area contributed by atoms with E-state index in [9.17, 15) is 18.0 Å². The van der Waals surface area contributed by atoms with Crippen molar-refractivity contribution in [3.8, 4) is 0 Å². The van der Waals surface area contributed by atoms with Crippen LogP contribution in [0.2, 0.25) is 0 Å². The molecule has 0 saturated carbocycles. The average Bonchev–Trinajstić information content (AvgIpc) is 2.32. The molecular weight excluding hydrogens is 275 g/mol. The van der Waals surface area contributed by atoms with Crippen LogP contribution in [0.4, 0.5) is 29.6 Å². The summed E-state index contributed by atoms with van der Waals surface area (Å²) in [6.45, 7) is 0.474. The van der Waals surface area contributed by atoms with Gasteiger partial charge in [0.15, 0.2) is 0 Å². The number of alkyl halides is 3. The van der Waals surface area contributed by atoms with E-state index in [1.807, 2.05) is 0 Å². The zero-order chi connectivity index (χ0) is 15.3. The minimum atomic E-state index is -4.48. The van der Waals surface area contributed by atoms with E-state index >= 15 is 0 Å². The Bertz CT molecular complexity index is 476. The van der Waals surface area contributed by atoms with Crippen LogP contribution in [0.3, 0.4) is 0 Å². The van der Waals surface area contributed by atoms with Gasteiger partial charge in [0.25, 0.3) is 0 Å². The quantitative estimate of drug-likeness (QED) is 0.732. The molecule has 0 aliphatic heterocycles. The van der Waals surface area contributed by atoms with Crippen LogP contribution in [0.25, 0.3) is 0 Å². The highest BCUT2D eigenvalue weighted by atomic mass is 19.4. The zero-order valence-corrected chi connectivity index (χ0v) is 11.1. The largest absolute Gasteiger partial charge is 0.416 e. The molecule has 2 amide bonds. The van der Waals surface area contributed by atoms with Crippen LogP contribution in [0.5, 0.6) is 0 Å². The summed E-state index contributed by atoms with van der Waals surface area (Å²) in [5.74, 6) is -0.212. The van der Waals surface area contributed by atoms with E-state index in [1.54, 1.807) is 14.1 Å². The monoisotopic (exact) mass is 291 g/mol. The molecule has 20 heavy (non-hydrogen) atoms. The first-order valence-corrected chi connectivity index (χ1v) is 5.74. The van der Waals surface area contributed by atoms with Crippen molar-refractivity contribution in [1.82, 2.24) is 15.2 Å². The third-order valence-corrected chi connectivity index (χ3v) is 2.29. The van der Waals surface area contributed by atoms with Gasteiger partial charge in [0.05, 0.1) is 5.56 Å². The van der Waals surface area contributed by atoms with Crippen molar-refractivity contribution in [2.75, 3.05) is 38.2 Å². The molecule has 9 heteroatoms. The summed E-state index contributed by atoms with van der Waals surface area (Å²) in [5.41, 5.74) is 4.45. The Morgan fingerprint density at radius 2 is 2.00 bits per heavy atom. The number of amides is 2. The lowest BCUT2D eigenvalue weighted by atomic mass is 10.2. The number of hydrogen-bond donors (Lipinski definition) is 3. The van der Waals surface area contributed by atoms with E-state index < -0.39 is 11.7 Å². The van der Waals surface area contributed by atoms with Crippen LogP contribution in [-0.2, 0) is 6.18 Å². The molecule has 112 valence electrons. The van der Waals surface area contributed by atoms with Crippen molar-refractivity contribution in [3.05, 3.63) is 17.7 Å². The van der Waals surface area contributed by atoms with E-state index in [1.165, 1.54) is 4.90 Å². The third-order valence-electron chi connectivity index (χ3n) is 2.29. The predicted molar refractivity (Wildman–Crippen MR) is 69.2 cm³/mol. The zero-order valence-electron chi connectivity index (χ0n) is 11.1. The van der Waals surface area contributed by atoms with Crippen LogP contribution in [0.15, 0.2) is 12.1 Å². The highest BCUT2D eigenvalue weighted by molar-refractivity contribution is 5.73. The molecule has 0 saturated heterocycles. The average molecular weight is 291 g/mol. The Balaban J connectivity index is 2.56. The summed E-state index contributed by atoms with van der Waals surface area (Å²) in [7, 11) is 3.16. The van der Waals surface area contributed by atoms with Gasteiger partial charge in [-0.1, -0.05) is 0 Å². The van der Waals surface area contributed by atoms with Crippen LogP contribution in [0.1, 0.15) is 5.56 Å². The summed E-state index contributed by atoms with van der Waals surface area (Å²) in [4.78, 5) is 16.3. The van der Waals surface area contributed by atoms with Crippen molar-refractivity contribution in [3.63, 3.8) is 0 Å². The van der Waals surface area contributed by atoms with Crippen LogP contribution in [-0.4, -0.2) is 43.1 Å². The Kier molecular flexibility index (Phi) is 5.00. The fraction of sp³-hybridized carbons (Fsp3) is 0.455. The Labute approximate surface area is 114 Å². The number of carbonyl (C=O) groups is 1. The van der Waals surface area contributed by atoms with Crippen LogP contribution < -0.4 is 16.4 Å². The van der Waals surface area contributed by atoms with E-state index in [4.69, 9.17) is 5.73 Å². The highest BCUT2D eigenvalue weighted by Crippen LogP contribution is 2.31. The smallest absolute Gasteiger partial charge is 0.384 e. The molecule has 6 nitrogen and oxygen atoms in total. The van der Waals surface area contributed by atoms with E-state index in [-0.39, 0.29) is 30.8 Å². The molecule has 0 aliphatic rings. The number of nitrogen functional groups attached to an aromatic ring is 1. The summed E-state index contributed by atoms with van der Waals surface area (Å²) in [5, 5.41) is 5.22. The number of nitrogens with zero attached hydrogens (tertiary/aromatic N) is 2. The number of halogens is 3. The van der Waals surface area contributed by atoms with Crippen molar-refractivity contribution < 1.29 is 18.0 Å². The van der Waals surface area contributed by atoms with E-state index in [0.717, 1.165) is 12.1 Å². The number of pyridine rings is 1. The van der Waals surface area contributed by atoms with E-state index in [0.29, 0.717) is 0 Å². The van der Waals surface area contributed by atoms with Gasteiger partial charge in [-0.05, 0) is 12.1 Å². The normalized spacial score (nSPS) is 11.1. The van der Waals surface area contributed by atoms with Gasteiger partial charge in [-0.15, -0.1) is 0 Å². The molecule has 0 spiro atoms. The van der Waals surface area contributed by atoms with Crippen molar-refractivity contribution in [2.45, 2.75) is 6.18 Å². The fourth-order valence-electron chi connectivity index (χ4n) is 1.32. The first-order valence-electron chi connectivity index (χ1n) is 5.74. The molecule has 0 atom stereocenters. The molecule has 0 unspecified atom stereocenters. The molecule has 1 rings (SSSR count). The number of nitrogens with two attached hydrogens (primary N) is 1. The highest BCUT2D eigenvalue weighted by Gasteiger charge is 2.31. The number of urea groups is 1. The maximum Gasteiger partial charge on any atom is 0.416 e. The minimum absolute atomic E-state index is 0.0106. The lowest BCUT2D eigenvalue weighted by Gasteiger charge is -2.13. The van der Waals surface area contributed by atoms with Crippen molar-refractivity contribution >= 4 is 17.7 Å². The molecule has 0 radical (unpaired) electrons. The Morgan fingerprint density at radius 1 is 1.35 bits per heavy atom. The molecule has 1 aromatic rings. The lowest BCUT2D eigenvalue weighted by Crippen LogP contribution is -2.37. The van der Waals surface area contributed by atoms with Crippen LogP contribution >= 0.6 is 0 Å². The second-order valence-corrected chi connectivity index (χ2v) is 4.22. The standard InChI is InChI=1S/C11H16F3N5O/c1-19(2)10(20)17-4-3-16-9-6-7(11(12,13)14)5-8(15)18-9/h5-6H,3-4H2,1-2H3,(H,17,20)(H3,15,16,18). The molecule has 0 bridgehead atoms. The number of nitrogens with one attached hydrogen (secondary N) is 2. The first kappa shape index (κ1) is 15.9. The van der Waals surface area contributed by atoms with Gasteiger partial charge in [-0.3, -0.25) is 0 Å². The molecule has 4 N–H and O–H groups in total. The van der Waals surface area contributed by atoms with Gasteiger partial charge in [0.1, 0.15) is 11.6 Å². The number of aromatic nitrogens is 1. The molecule has 0 aromatic carbocycles. The molecule has 1 aromatic heterocycles. The topological polar surface area (TPSA) is 83.3 Å². The second kappa shape index (κ2) is 6.31. The van der Waals surface area contributed by atoms with Gasteiger partial charge in [-0.25, -0.2) is 9.78 Å². The van der Waals surface area contributed by atoms with Gasteiger partial charge >= 0.3 is 12.2 Å². The molecule has 1 heterocycles. The van der Waals surface area contributed by atoms with Crippen molar-refractivity contribution in [1.29, 1.82) is 0 Å². The maximum atomic E-state index is 12.6. The number of hydrogen-bond acceptors (Lipinski definition) is 4. The molecule has 0 fully saturated rings. The summed E-state index contributed by atoms with van der Waals surface area (Å²) in [6, 6.07) is 1.34. The Morgan fingerprint density at radius 3 is 2.55 bits per heavy atom. The van der Waals surface area contributed by atoms with Gasteiger partial charge in [0, 0.05) is 27.2 Å².